The summed E-state index contributed by atoms with van der Waals surface area (Å²) >= 11 is 0. The zero-order valence-corrected chi connectivity index (χ0v) is 20.6. The Morgan fingerprint density at radius 2 is 1.86 bits per heavy atom. The topological polar surface area (TPSA) is 81.3 Å². The molecule has 0 aliphatic carbocycles. The standard InChI is InChI=1S/C28H25F3N4O2/c1-15-4-8-22-24(14-37-25(22)17(15)3)35(13-21-7-6-20(12-33-21)28(29,30)31)27(36)18-5-9-23-19(11-18)10-16(2)26(32)34-23/h4-12,24H,13-14H2,1-3H3,(H2,32,34)/t24-/m0/s1. The van der Waals surface area contributed by atoms with Crippen molar-refractivity contribution < 1.29 is 22.7 Å². The van der Waals surface area contributed by atoms with Crippen molar-refractivity contribution in [3.05, 3.63) is 93.8 Å². The molecule has 1 aliphatic heterocycles. The SMILES string of the molecule is Cc1cc2cc(C(=O)N(Cc3ccc(C(F)(F)F)cn3)[C@H]3COc4c3ccc(C)c4C)ccc2nc1N. The fraction of sp³-hybridized carbons (Fsp3) is 0.250. The Labute approximate surface area is 211 Å². The van der Waals surface area contributed by atoms with E-state index in [1.54, 1.807) is 23.1 Å². The lowest BCUT2D eigenvalue weighted by Gasteiger charge is -2.28. The zero-order chi connectivity index (χ0) is 26.5. The summed E-state index contributed by atoms with van der Waals surface area (Å²) in [7, 11) is 0. The lowest BCUT2D eigenvalue weighted by Crippen LogP contribution is -2.35. The Hall–Kier alpha value is -4.14. The number of aromatic nitrogens is 2. The largest absolute Gasteiger partial charge is 0.490 e. The molecule has 2 aromatic carbocycles. The summed E-state index contributed by atoms with van der Waals surface area (Å²) in [5.41, 5.74) is 10.2. The molecule has 2 N–H and O–H groups in total. The van der Waals surface area contributed by atoms with Crippen molar-refractivity contribution in [2.75, 3.05) is 12.3 Å². The molecule has 1 amide bonds. The van der Waals surface area contributed by atoms with E-state index in [-0.39, 0.29) is 19.1 Å². The van der Waals surface area contributed by atoms with Crippen LogP contribution in [-0.2, 0) is 12.7 Å². The van der Waals surface area contributed by atoms with Crippen molar-refractivity contribution in [1.82, 2.24) is 14.9 Å². The summed E-state index contributed by atoms with van der Waals surface area (Å²) in [6.07, 6.45) is -3.70. The van der Waals surface area contributed by atoms with Crippen LogP contribution in [0.25, 0.3) is 10.9 Å². The van der Waals surface area contributed by atoms with E-state index in [1.165, 1.54) is 6.07 Å². The van der Waals surface area contributed by atoms with Crippen LogP contribution in [0.5, 0.6) is 5.75 Å². The summed E-state index contributed by atoms with van der Waals surface area (Å²) in [6, 6.07) is 12.8. The highest BCUT2D eigenvalue weighted by atomic mass is 19.4. The number of nitrogens with zero attached hydrogens (tertiary/aromatic N) is 3. The Morgan fingerprint density at radius 3 is 2.57 bits per heavy atom. The van der Waals surface area contributed by atoms with Crippen LogP contribution in [0.15, 0.2) is 54.7 Å². The average Bonchev–Trinajstić information content (AvgIpc) is 3.29. The minimum atomic E-state index is -4.49. The first-order valence-electron chi connectivity index (χ1n) is 11.8. The smallest absolute Gasteiger partial charge is 0.417 e. The Bertz CT molecular complexity index is 1520. The van der Waals surface area contributed by atoms with Crippen LogP contribution in [0, 0.1) is 20.8 Å². The predicted octanol–water partition coefficient (Wildman–Crippen LogP) is 5.93. The number of alkyl halides is 3. The van der Waals surface area contributed by atoms with E-state index in [9.17, 15) is 18.0 Å². The molecule has 2 aromatic heterocycles. The van der Waals surface area contributed by atoms with Crippen molar-refractivity contribution in [2.45, 2.75) is 39.5 Å². The highest BCUT2D eigenvalue weighted by molar-refractivity contribution is 5.98. The van der Waals surface area contributed by atoms with Crippen molar-refractivity contribution in [3.63, 3.8) is 0 Å². The number of pyridine rings is 2. The second-order valence-electron chi connectivity index (χ2n) is 9.32. The molecule has 190 valence electrons. The molecule has 1 aliphatic rings. The number of carbonyl (C=O) groups excluding carboxylic acids is 1. The van der Waals surface area contributed by atoms with Gasteiger partial charge in [-0.1, -0.05) is 12.1 Å². The Balaban J connectivity index is 1.55. The van der Waals surface area contributed by atoms with Gasteiger partial charge in [0.2, 0.25) is 0 Å². The summed E-state index contributed by atoms with van der Waals surface area (Å²) in [4.78, 5) is 23.9. The number of benzene rings is 2. The maximum atomic E-state index is 13.9. The molecule has 0 bridgehead atoms. The first-order valence-corrected chi connectivity index (χ1v) is 11.8. The van der Waals surface area contributed by atoms with Gasteiger partial charge in [0.1, 0.15) is 18.2 Å². The van der Waals surface area contributed by atoms with Gasteiger partial charge >= 0.3 is 6.18 Å². The molecular formula is C28H25F3N4O2. The second-order valence-corrected chi connectivity index (χ2v) is 9.32. The number of aryl methyl sites for hydroxylation is 2. The summed E-state index contributed by atoms with van der Waals surface area (Å²) in [5.74, 6) is 0.863. The number of rotatable bonds is 4. The number of anilines is 1. The van der Waals surface area contributed by atoms with E-state index in [2.05, 4.69) is 9.97 Å². The maximum Gasteiger partial charge on any atom is 0.417 e. The number of amides is 1. The van der Waals surface area contributed by atoms with E-state index in [0.717, 1.165) is 45.7 Å². The molecule has 0 spiro atoms. The monoisotopic (exact) mass is 506 g/mol. The molecule has 1 atom stereocenters. The average molecular weight is 507 g/mol. The fourth-order valence-corrected chi connectivity index (χ4v) is 4.55. The quantitative estimate of drug-likeness (QED) is 0.371. The summed E-state index contributed by atoms with van der Waals surface area (Å²) in [5, 5.41) is 0.764. The van der Waals surface area contributed by atoms with Gasteiger partial charge in [0, 0.05) is 22.7 Å². The highest BCUT2D eigenvalue weighted by Crippen LogP contribution is 2.41. The van der Waals surface area contributed by atoms with Crippen LogP contribution in [-0.4, -0.2) is 27.4 Å². The number of fused-ring (bicyclic) bond motifs is 2. The molecule has 0 saturated heterocycles. The van der Waals surface area contributed by atoms with Crippen LogP contribution >= 0.6 is 0 Å². The van der Waals surface area contributed by atoms with Crippen molar-refractivity contribution in [1.29, 1.82) is 0 Å². The van der Waals surface area contributed by atoms with E-state index in [4.69, 9.17) is 10.5 Å². The van der Waals surface area contributed by atoms with Gasteiger partial charge in [-0.25, -0.2) is 4.98 Å². The molecule has 3 heterocycles. The van der Waals surface area contributed by atoms with Crippen LogP contribution in [0.1, 0.15) is 49.9 Å². The van der Waals surface area contributed by atoms with Gasteiger partial charge in [0.05, 0.1) is 29.4 Å². The number of hydrogen-bond donors (Lipinski definition) is 1. The lowest BCUT2D eigenvalue weighted by atomic mass is 9.99. The number of carbonyl (C=O) groups is 1. The first-order chi connectivity index (χ1) is 17.5. The van der Waals surface area contributed by atoms with Gasteiger partial charge in [0.25, 0.3) is 5.91 Å². The number of nitrogens with two attached hydrogens (primary N) is 1. The molecular weight excluding hydrogens is 481 g/mol. The fourth-order valence-electron chi connectivity index (χ4n) is 4.55. The molecule has 37 heavy (non-hydrogen) atoms. The van der Waals surface area contributed by atoms with E-state index in [0.29, 0.717) is 22.6 Å². The Morgan fingerprint density at radius 1 is 1.08 bits per heavy atom. The normalized spacial score (nSPS) is 14.9. The molecule has 0 fully saturated rings. The van der Waals surface area contributed by atoms with Crippen LogP contribution in [0.3, 0.4) is 0 Å². The third-order valence-corrected chi connectivity index (χ3v) is 6.86. The van der Waals surface area contributed by atoms with E-state index < -0.39 is 17.8 Å². The maximum absolute atomic E-state index is 13.9. The number of ether oxygens (including phenoxy) is 1. The number of hydrogen-bond acceptors (Lipinski definition) is 5. The molecule has 0 radical (unpaired) electrons. The molecule has 0 saturated carbocycles. The summed E-state index contributed by atoms with van der Waals surface area (Å²) < 4.78 is 45.2. The minimum Gasteiger partial charge on any atom is -0.490 e. The zero-order valence-electron chi connectivity index (χ0n) is 20.6. The molecule has 0 unspecified atom stereocenters. The van der Waals surface area contributed by atoms with Gasteiger partial charge in [-0.3, -0.25) is 9.78 Å². The highest BCUT2D eigenvalue weighted by Gasteiger charge is 2.35. The van der Waals surface area contributed by atoms with Gasteiger partial charge < -0.3 is 15.4 Å². The van der Waals surface area contributed by atoms with Crippen LogP contribution in [0.2, 0.25) is 0 Å². The summed E-state index contributed by atoms with van der Waals surface area (Å²) in [6.45, 7) is 6.03. The van der Waals surface area contributed by atoms with Crippen molar-refractivity contribution in [3.8, 4) is 5.75 Å². The van der Waals surface area contributed by atoms with Crippen molar-refractivity contribution >= 4 is 22.6 Å². The van der Waals surface area contributed by atoms with E-state index in [1.807, 2.05) is 39.0 Å². The second kappa shape index (κ2) is 9.06. The number of halogens is 3. The predicted molar refractivity (Wildman–Crippen MR) is 134 cm³/mol. The van der Waals surface area contributed by atoms with Crippen molar-refractivity contribution in [2.24, 2.45) is 0 Å². The van der Waals surface area contributed by atoms with Gasteiger partial charge in [-0.05, 0) is 73.9 Å². The minimum absolute atomic E-state index is 0.00835. The van der Waals surface area contributed by atoms with Gasteiger partial charge in [-0.2, -0.15) is 13.2 Å². The van der Waals surface area contributed by atoms with Crippen LogP contribution < -0.4 is 10.5 Å². The third kappa shape index (κ3) is 4.57. The van der Waals surface area contributed by atoms with Gasteiger partial charge in [0.15, 0.2) is 0 Å². The van der Waals surface area contributed by atoms with E-state index >= 15 is 0 Å². The molecule has 6 nitrogen and oxygen atoms in total. The lowest BCUT2D eigenvalue weighted by molar-refractivity contribution is -0.137. The molecule has 9 heteroatoms. The molecule has 4 aromatic rings. The van der Waals surface area contributed by atoms with Gasteiger partial charge in [-0.15, -0.1) is 0 Å². The molecule has 5 rings (SSSR count). The third-order valence-electron chi connectivity index (χ3n) is 6.86. The Kier molecular flexibility index (Phi) is 6.01. The number of nitrogen functional groups attached to an aromatic ring is 1. The first kappa shape index (κ1) is 24.5. The van der Waals surface area contributed by atoms with Crippen LogP contribution in [0.4, 0.5) is 19.0 Å².